The number of nitrogens with one attached hydrogen (secondary N) is 1. The van der Waals surface area contributed by atoms with Gasteiger partial charge in [-0.15, -0.1) is 0 Å². The summed E-state index contributed by atoms with van der Waals surface area (Å²) >= 11 is 0. The van der Waals surface area contributed by atoms with Crippen molar-refractivity contribution in [3.8, 4) is 0 Å². The van der Waals surface area contributed by atoms with Crippen molar-refractivity contribution < 1.29 is 18.3 Å². The Morgan fingerprint density at radius 3 is 2.21 bits per heavy atom. The molecule has 0 aromatic rings. The molecule has 0 aromatic carbocycles. The number of hydrogen-bond acceptors (Lipinski definition) is 3. The molecule has 0 spiro atoms. The van der Waals surface area contributed by atoms with E-state index in [-0.39, 0.29) is 18.2 Å². The summed E-state index contributed by atoms with van der Waals surface area (Å²) < 4.78 is 24.8. The number of hydrogen-bond donors (Lipinski definition) is 2. The van der Waals surface area contributed by atoms with E-state index < -0.39 is 21.9 Å². The summed E-state index contributed by atoms with van der Waals surface area (Å²) in [6, 6.07) is 0. The Bertz CT molecular complexity index is 284. The lowest BCUT2D eigenvalue weighted by atomic mass is 10.2. The maximum absolute atomic E-state index is 11.3. The van der Waals surface area contributed by atoms with E-state index in [2.05, 4.69) is 4.72 Å². The van der Waals surface area contributed by atoms with E-state index in [4.69, 9.17) is 5.11 Å². The molecule has 0 saturated carbocycles. The second-order valence-electron chi connectivity index (χ2n) is 3.76. The molecule has 0 bridgehead atoms. The maximum atomic E-state index is 11.3. The Balaban J connectivity index is 4.06. The van der Waals surface area contributed by atoms with Gasteiger partial charge in [0.25, 0.3) is 0 Å². The number of carbonyl (C=O) groups is 1. The Morgan fingerprint density at radius 2 is 1.86 bits per heavy atom. The van der Waals surface area contributed by atoms with Crippen LogP contribution in [-0.2, 0) is 14.8 Å². The van der Waals surface area contributed by atoms with Crippen LogP contribution in [0.5, 0.6) is 0 Å². The van der Waals surface area contributed by atoms with Crippen LogP contribution < -0.4 is 4.72 Å². The lowest BCUT2D eigenvalue weighted by Crippen LogP contribution is -2.34. The van der Waals surface area contributed by atoms with Crippen LogP contribution in [0.25, 0.3) is 0 Å². The molecular weight excluding hydrogens is 206 g/mol. The predicted octanol–water partition coefficient (Wildman–Crippen LogP) is 0.282. The first kappa shape index (κ1) is 13.4. The van der Waals surface area contributed by atoms with Gasteiger partial charge in [0.2, 0.25) is 10.0 Å². The van der Waals surface area contributed by atoms with Gasteiger partial charge in [0.1, 0.15) is 0 Å². The molecule has 1 unspecified atom stereocenters. The number of carboxylic acids is 1. The van der Waals surface area contributed by atoms with Crippen molar-refractivity contribution in [2.24, 2.45) is 11.8 Å². The number of carboxylic acid groups (broad SMARTS) is 1. The zero-order valence-electron chi connectivity index (χ0n) is 8.65. The summed E-state index contributed by atoms with van der Waals surface area (Å²) in [5.41, 5.74) is 0. The Labute approximate surface area is 84.6 Å². The molecule has 2 N–H and O–H groups in total. The topological polar surface area (TPSA) is 83.5 Å². The smallest absolute Gasteiger partial charge is 0.307 e. The monoisotopic (exact) mass is 223 g/mol. The lowest BCUT2D eigenvalue weighted by Gasteiger charge is -2.10. The molecule has 6 heteroatoms. The van der Waals surface area contributed by atoms with Crippen LogP contribution in [-0.4, -0.2) is 31.8 Å². The van der Waals surface area contributed by atoms with Gasteiger partial charge >= 0.3 is 5.97 Å². The number of rotatable bonds is 6. The van der Waals surface area contributed by atoms with E-state index in [0.717, 1.165) is 0 Å². The van der Waals surface area contributed by atoms with Crippen molar-refractivity contribution in [3.05, 3.63) is 0 Å². The minimum Gasteiger partial charge on any atom is -0.481 e. The highest BCUT2D eigenvalue weighted by molar-refractivity contribution is 7.89. The molecule has 14 heavy (non-hydrogen) atoms. The zero-order valence-corrected chi connectivity index (χ0v) is 9.47. The summed E-state index contributed by atoms with van der Waals surface area (Å²) in [5.74, 6) is -1.64. The fraction of sp³-hybridized carbons (Fsp3) is 0.875. The average molecular weight is 223 g/mol. The van der Waals surface area contributed by atoms with Crippen molar-refractivity contribution in [1.82, 2.24) is 4.72 Å². The largest absolute Gasteiger partial charge is 0.481 e. The highest BCUT2D eigenvalue weighted by Gasteiger charge is 2.16. The molecule has 1 atom stereocenters. The third kappa shape index (κ3) is 5.93. The van der Waals surface area contributed by atoms with Crippen LogP contribution in [0.4, 0.5) is 0 Å². The fourth-order valence-electron chi connectivity index (χ4n) is 0.837. The van der Waals surface area contributed by atoms with Crippen molar-refractivity contribution in [2.75, 3.05) is 12.3 Å². The van der Waals surface area contributed by atoms with E-state index in [1.54, 1.807) is 13.8 Å². The van der Waals surface area contributed by atoms with Gasteiger partial charge in [-0.1, -0.05) is 20.8 Å². The molecule has 0 aromatic heterocycles. The number of aliphatic carboxylic acids is 1. The summed E-state index contributed by atoms with van der Waals surface area (Å²) in [4.78, 5) is 10.4. The highest BCUT2D eigenvalue weighted by atomic mass is 32.2. The van der Waals surface area contributed by atoms with Crippen LogP contribution in [0.1, 0.15) is 20.8 Å². The molecule has 0 heterocycles. The van der Waals surface area contributed by atoms with Crippen molar-refractivity contribution >= 4 is 16.0 Å². The molecule has 0 radical (unpaired) electrons. The average Bonchev–Trinajstić information content (AvgIpc) is 1.97. The summed E-state index contributed by atoms with van der Waals surface area (Å²) in [5, 5.41) is 8.53. The molecule has 0 saturated heterocycles. The molecule has 5 nitrogen and oxygen atoms in total. The molecule has 0 fully saturated rings. The quantitative estimate of drug-likeness (QED) is 0.677. The van der Waals surface area contributed by atoms with Crippen molar-refractivity contribution in [3.63, 3.8) is 0 Å². The first-order valence-corrected chi connectivity index (χ1v) is 6.10. The van der Waals surface area contributed by atoms with Crippen LogP contribution >= 0.6 is 0 Å². The first-order chi connectivity index (χ1) is 6.24. The third-order valence-electron chi connectivity index (χ3n) is 1.58. The summed E-state index contributed by atoms with van der Waals surface area (Å²) in [7, 11) is -3.32. The third-order valence-corrected chi connectivity index (χ3v) is 3.30. The van der Waals surface area contributed by atoms with Crippen molar-refractivity contribution in [2.45, 2.75) is 20.8 Å². The van der Waals surface area contributed by atoms with E-state index >= 15 is 0 Å². The molecular formula is C8H17NO4S. The standard InChI is InChI=1S/C8H17NO4S/c1-6(2)5-14(12,13)9-4-7(3)8(10)11/h6-7,9H,4-5H2,1-3H3,(H,10,11). The summed E-state index contributed by atoms with van der Waals surface area (Å²) in [6.45, 7) is 4.99. The van der Waals surface area contributed by atoms with E-state index in [1.165, 1.54) is 6.92 Å². The van der Waals surface area contributed by atoms with Crippen molar-refractivity contribution in [1.29, 1.82) is 0 Å². The minimum absolute atomic E-state index is 0.0271. The van der Waals surface area contributed by atoms with Gasteiger partial charge in [0, 0.05) is 6.54 Å². The zero-order chi connectivity index (χ0) is 11.4. The van der Waals surface area contributed by atoms with Gasteiger partial charge in [0.05, 0.1) is 11.7 Å². The minimum atomic E-state index is -3.32. The molecule has 0 amide bonds. The molecule has 0 aliphatic carbocycles. The maximum Gasteiger partial charge on any atom is 0.307 e. The molecule has 84 valence electrons. The van der Waals surface area contributed by atoms with Gasteiger partial charge in [-0.05, 0) is 5.92 Å². The summed E-state index contributed by atoms with van der Waals surface area (Å²) in [6.07, 6.45) is 0. The Morgan fingerprint density at radius 1 is 1.36 bits per heavy atom. The normalized spacial score (nSPS) is 14.3. The van der Waals surface area contributed by atoms with Gasteiger partial charge in [-0.25, -0.2) is 13.1 Å². The Hall–Kier alpha value is -0.620. The first-order valence-electron chi connectivity index (χ1n) is 4.44. The van der Waals surface area contributed by atoms with Gasteiger partial charge in [0.15, 0.2) is 0 Å². The molecule has 0 aliphatic heterocycles. The van der Waals surface area contributed by atoms with Crippen LogP contribution in [0.2, 0.25) is 0 Å². The van der Waals surface area contributed by atoms with E-state index in [1.807, 2.05) is 0 Å². The van der Waals surface area contributed by atoms with Crippen LogP contribution in [0.3, 0.4) is 0 Å². The highest BCUT2D eigenvalue weighted by Crippen LogP contribution is 1.99. The number of sulfonamides is 1. The van der Waals surface area contributed by atoms with Gasteiger partial charge in [-0.2, -0.15) is 0 Å². The second-order valence-corrected chi connectivity index (χ2v) is 5.61. The van der Waals surface area contributed by atoms with Crippen LogP contribution in [0, 0.1) is 11.8 Å². The SMILES string of the molecule is CC(C)CS(=O)(=O)NCC(C)C(=O)O. The predicted molar refractivity (Wildman–Crippen MR) is 53.4 cm³/mol. The molecule has 0 rings (SSSR count). The lowest BCUT2D eigenvalue weighted by molar-refractivity contribution is -0.140. The fourth-order valence-corrected chi connectivity index (χ4v) is 2.34. The van der Waals surface area contributed by atoms with E-state index in [9.17, 15) is 13.2 Å². The van der Waals surface area contributed by atoms with Gasteiger partial charge in [-0.3, -0.25) is 4.79 Å². The van der Waals surface area contributed by atoms with Gasteiger partial charge < -0.3 is 5.11 Å². The Kier molecular flexibility index (Phi) is 5.07. The van der Waals surface area contributed by atoms with Crippen LogP contribution in [0.15, 0.2) is 0 Å². The second kappa shape index (κ2) is 5.31. The molecule has 0 aliphatic rings. The van der Waals surface area contributed by atoms with E-state index in [0.29, 0.717) is 0 Å².